The van der Waals surface area contributed by atoms with E-state index in [1.807, 2.05) is 0 Å². The van der Waals surface area contributed by atoms with Crippen LogP contribution in [-0.2, 0) is 0 Å². The van der Waals surface area contributed by atoms with Crippen LogP contribution in [0.4, 0.5) is 0 Å². The van der Waals surface area contributed by atoms with E-state index in [1.54, 1.807) is 0 Å². The van der Waals surface area contributed by atoms with E-state index < -0.39 is 0 Å². The number of nitrogens with zero attached hydrogens (tertiary/aromatic N) is 2. The number of nitrogens with one attached hydrogen (secondary N) is 1. The third-order valence-corrected chi connectivity index (χ3v) is 4.40. The van der Waals surface area contributed by atoms with Gasteiger partial charge >= 0.3 is 0 Å². The molecule has 3 heteroatoms. The van der Waals surface area contributed by atoms with Crippen LogP contribution in [0, 0.1) is 5.41 Å². The maximum atomic E-state index is 3.62. The maximum absolute atomic E-state index is 3.62. The second-order valence-electron chi connectivity index (χ2n) is 6.82. The van der Waals surface area contributed by atoms with Crippen LogP contribution in [0.15, 0.2) is 0 Å². The van der Waals surface area contributed by atoms with Crippen molar-refractivity contribution in [3.05, 3.63) is 0 Å². The van der Waals surface area contributed by atoms with E-state index in [1.165, 1.54) is 52.1 Å². The second kappa shape index (κ2) is 8.23. The normalized spacial score (nSPS) is 21.8. The average molecular weight is 269 g/mol. The van der Waals surface area contributed by atoms with Gasteiger partial charge in [-0.3, -0.25) is 0 Å². The zero-order valence-electron chi connectivity index (χ0n) is 13.8. The SMILES string of the molecule is CCCN1CCN(CC(C)(CC)CNC(C)C)CC1. The third-order valence-electron chi connectivity index (χ3n) is 4.40. The predicted molar refractivity (Wildman–Crippen MR) is 84.7 cm³/mol. The van der Waals surface area contributed by atoms with Gasteiger partial charge in [0.2, 0.25) is 0 Å². The molecule has 0 aromatic rings. The highest BCUT2D eigenvalue weighted by Gasteiger charge is 2.27. The number of piperazine rings is 1. The molecule has 0 spiro atoms. The largest absolute Gasteiger partial charge is 0.314 e. The van der Waals surface area contributed by atoms with Crippen LogP contribution in [-0.4, -0.2) is 61.7 Å². The molecule has 1 aliphatic heterocycles. The lowest BCUT2D eigenvalue weighted by molar-refractivity contribution is 0.0874. The van der Waals surface area contributed by atoms with Crippen molar-refractivity contribution in [2.24, 2.45) is 5.41 Å². The lowest BCUT2D eigenvalue weighted by Gasteiger charge is -2.40. The van der Waals surface area contributed by atoms with Gasteiger partial charge in [0.1, 0.15) is 0 Å². The molecule has 1 atom stereocenters. The molecule has 1 fully saturated rings. The van der Waals surface area contributed by atoms with Crippen molar-refractivity contribution in [1.29, 1.82) is 0 Å². The Kier molecular flexibility index (Phi) is 7.33. The van der Waals surface area contributed by atoms with Crippen molar-refractivity contribution in [2.75, 3.05) is 45.8 Å². The summed E-state index contributed by atoms with van der Waals surface area (Å²) in [6, 6.07) is 0.590. The van der Waals surface area contributed by atoms with Crippen LogP contribution in [0.1, 0.15) is 47.5 Å². The van der Waals surface area contributed by atoms with Gasteiger partial charge in [-0.05, 0) is 24.8 Å². The Morgan fingerprint density at radius 1 is 1.05 bits per heavy atom. The van der Waals surface area contributed by atoms with Gasteiger partial charge in [-0.2, -0.15) is 0 Å². The maximum Gasteiger partial charge on any atom is 0.0110 e. The molecule has 0 amide bonds. The third kappa shape index (κ3) is 6.24. The minimum Gasteiger partial charge on any atom is -0.314 e. The molecule has 0 aromatic heterocycles. The highest BCUT2D eigenvalue weighted by molar-refractivity contribution is 4.83. The molecule has 1 saturated heterocycles. The lowest BCUT2D eigenvalue weighted by Crippen LogP contribution is -2.51. The topological polar surface area (TPSA) is 18.5 Å². The number of hydrogen-bond acceptors (Lipinski definition) is 3. The first-order chi connectivity index (χ1) is 8.99. The Hall–Kier alpha value is -0.120. The Labute approximate surface area is 120 Å². The summed E-state index contributed by atoms with van der Waals surface area (Å²) in [6.45, 7) is 20.2. The lowest BCUT2D eigenvalue weighted by atomic mass is 9.86. The molecule has 0 aromatic carbocycles. The van der Waals surface area contributed by atoms with Gasteiger partial charge in [-0.25, -0.2) is 0 Å². The van der Waals surface area contributed by atoms with Crippen molar-refractivity contribution in [3.8, 4) is 0 Å². The molecule has 1 N–H and O–H groups in total. The first-order valence-corrected chi connectivity index (χ1v) is 8.17. The van der Waals surface area contributed by atoms with E-state index in [0.29, 0.717) is 11.5 Å². The Balaban J connectivity index is 2.36. The van der Waals surface area contributed by atoms with Crippen molar-refractivity contribution in [1.82, 2.24) is 15.1 Å². The van der Waals surface area contributed by atoms with Gasteiger partial charge in [-0.15, -0.1) is 0 Å². The average Bonchev–Trinajstić information content (AvgIpc) is 2.39. The Morgan fingerprint density at radius 2 is 1.63 bits per heavy atom. The summed E-state index contributed by atoms with van der Waals surface area (Å²) in [5.41, 5.74) is 0.414. The molecule has 0 bridgehead atoms. The van der Waals surface area contributed by atoms with Gasteiger partial charge in [0.15, 0.2) is 0 Å². The molecule has 0 aliphatic carbocycles. The van der Waals surface area contributed by atoms with Gasteiger partial charge in [0, 0.05) is 45.3 Å². The van der Waals surface area contributed by atoms with Gasteiger partial charge in [0.25, 0.3) is 0 Å². The molecule has 114 valence electrons. The van der Waals surface area contributed by atoms with Gasteiger partial charge in [-0.1, -0.05) is 34.6 Å². The van der Waals surface area contributed by atoms with Crippen molar-refractivity contribution < 1.29 is 0 Å². The fourth-order valence-electron chi connectivity index (χ4n) is 2.77. The predicted octanol–water partition coefficient (Wildman–Crippen LogP) is 2.43. The summed E-state index contributed by atoms with van der Waals surface area (Å²) < 4.78 is 0. The molecule has 0 radical (unpaired) electrons. The molecule has 1 unspecified atom stereocenters. The van der Waals surface area contributed by atoms with Crippen molar-refractivity contribution in [2.45, 2.75) is 53.5 Å². The standard InChI is InChI=1S/C16H35N3/c1-6-8-18-9-11-19(12-10-18)14-16(5,7-2)13-17-15(3)4/h15,17H,6-14H2,1-5H3. The first kappa shape index (κ1) is 16.9. The zero-order chi connectivity index (χ0) is 14.3. The molecular weight excluding hydrogens is 234 g/mol. The van der Waals surface area contributed by atoms with Crippen molar-refractivity contribution >= 4 is 0 Å². The summed E-state index contributed by atoms with van der Waals surface area (Å²) in [5.74, 6) is 0. The fourth-order valence-corrected chi connectivity index (χ4v) is 2.77. The molecule has 0 saturated carbocycles. The highest BCUT2D eigenvalue weighted by Crippen LogP contribution is 2.22. The van der Waals surface area contributed by atoms with E-state index in [0.717, 1.165) is 6.54 Å². The second-order valence-corrected chi connectivity index (χ2v) is 6.82. The van der Waals surface area contributed by atoms with Crippen LogP contribution in [0.25, 0.3) is 0 Å². The van der Waals surface area contributed by atoms with Gasteiger partial charge < -0.3 is 15.1 Å². The number of hydrogen-bond donors (Lipinski definition) is 1. The molecule has 1 rings (SSSR count). The fraction of sp³-hybridized carbons (Fsp3) is 1.00. The monoisotopic (exact) mass is 269 g/mol. The van der Waals surface area contributed by atoms with Crippen LogP contribution in [0.5, 0.6) is 0 Å². The number of rotatable bonds is 8. The molecule has 1 heterocycles. The summed E-state index contributed by atoms with van der Waals surface area (Å²) in [5, 5.41) is 3.62. The van der Waals surface area contributed by atoms with Crippen LogP contribution < -0.4 is 5.32 Å². The van der Waals surface area contributed by atoms with E-state index in [-0.39, 0.29) is 0 Å². The van der Waals surface area contributed by atoms with Gasteiger partial charge in [0.05, 0.1) is 0 Å². The van der Waals surface area contributed by atoms with E-state index in [9.17, 15) is 0 Å². The summed E-state index contributed by atoms with van der Waals surface area (Å²) in [7, 11) is 0. The minimum atomic E-state index is 0.414. The summed E-state index contributed by atoms with van der Waals surface area (Å²) in [6.07, 6.45) is 2.53. The molecule has 3 nitrogen and oxygen atoms in total. The highest BCUT2D eigenvalue weighted by atomic mass is 15.3. The minimum absolute atomic E-state index is 0.414. The summed E-state index contributed by atoms with van der Waals surface area (Å²) >= 11 is 0. The first-order valence-electron chi connectivity index (χ1n) is 8.17. The van der Waals surface area contributed by atoms with Crippen LogP contribution in [0.2, 0.25) is 0 Å². The van der Waals surface area contributed by atoms with Crippen LogP contribution >= 0.6 is 0 Å². The van der Waals surface area contributed by atoms with E-state index >= 15 is 0 Å². The van der Waals surface area contributed by atoms with E-state index in [2.05, 4.69) is 49.7 Å². The van der Waals surface area contributed by atoms with Crippen molar-refractivity contribution in [3.63, 3.8) is 0 Å². The zero-order valence-corrected chi connectivity index (χ0v) is 13.8. The Morgan fingerprint density at radius 3 is 2.11 bits per heavy atom. The molecule has 1 aliphatic rings. The Bertz CT molecular complexity index is 234. The smallest absolute Gasteiger partial charge is 0.0110 e. The quantitative estimate of drug-likeness (QED) is 0.730. The van der Waals surface area contributed by atoms with E-state index in [4.69, 9.17) is 0 Å². The summed E-state index contributed by atoms with van der Waals surface area (Å²) in [4.78, 5) is 5.27. The molecular formula is C16H35N3. The molecule has 19 heavy (non-hydrogen) atoms. The van der Waals surface area contributed by atoms with Crippen LogP contribution in [0.3, 0.4) is 0 Å².